The zero-order valence-corrected chi connectivity index (χ0v) is 17.9. The molecule has 29 heavy (non-hydrogen) atoms. The number of methoxy groups -OCH3 is 1. The van der Waals surface area contributed by atoms with Gasteiger partial charge in [0.05, 0.1) is 7.11 Å². The summed E-state index contributed by atoms with van der Waals surface area (Å²) in [6.07, 6.45) is 7.27. The Bertz CT molecular complexity index is 904. The summed E-state index contributed by atoms with van der Waals surface area (Å²) in [6, 6.07) is 7.67. The van der Waals surface area contributed by atoms with E-state index in [1.807, 2.05) is 28.9 Å². The van der Waals surface area contributed by atoms with Crippen LogP contribution in [0.2, 0.25) is 0 Å². The number of unbranched alkanes of at least 4 members (excludes halogenated alkanes) is 3. The van der Waals surface area contributed by atoms with Gasteiger partial charge >= 0.3 is 0 Å². The maximum Gasteiger partial charge on any atom is 0.227 e. The SMILES string of the molecule is CCCCCCSc1nc2n(n1)[C@H](c1ccc(OC)cc1)C1=C(CCCC1=O)N2. The first-order valence-electron chi connectivity index (χ1n) is 10.5. The van der Waals surface area contributed by atoms with E-state index in [1.165, 1.54) is 25.7 Å². The van der Waals surface area contributed by atoms with Crippen LogP contribution in [0.4, 0.5) is 5.95 Å². The number of nitrogens with one attached hydrogen (secondary N) is 1. The summed E-state index contributed by atoms with van der Waals surface area (Å²) in [5.74, 6) is 2.75. The van der Waals surface area contributed by atoms with Crippen molar-refractivity contribution in [3.8, 4) is 5.75 Å². The topological polar surface area (TPSA) is 69.0 Å². The van der Waals surface area contributed by atoms with Crippen molar-refractivity contribution < 1.29 is 9.53 Å². The summed E-state index contributed by atoms with van der Waals surface area (Å²) in [5.41, 5.74) is 2.86. The fourth-order valence-corrected chi connectivity index (χ4v) is 4.81. The highest BCUT2D eigenvalue weighted by Crippen LogP contribution is 2.40. The maximum absolute atomic E-state index is 12.8. The number of aromatic nitrogens is 3. The molecule has 1 aliphatic heterocycles. The van der Waals surface area contributed by atoms with Gasteiger partial charge in [0.1, 0.15) is 11.8 Å². The second-order valence-electron chi connectivity index (χ2n) is 7.54. The van der Waals surface area contributed by atoms with Gasteiger partial charge in [-0.15, -0.1) is 5.10 Å². The highest BCUT2D eigenvalue weighted by atomic mass is 32.2. The molecule has 2 aromatic rings. The van der Waals surface area contributed by atoms with Gasteiger partial charge in [0.2, 0.25) is 11.1 Å². The third kappa shape index (κ3) is 4.20. The van der Waals surface area contributed by atoms with E-state index in [9.17, 15) is 4.79 Å². The molecule has 154 valence electrons. The third-order valence-corrected chi connectivity index (χ3v) is 6.43. The molecule has 4 rings (SSSR count). The van der Waals surface area contributed by atoms with Gasteiger partial charge in [0.15, 0.2) is 5.78 Å². The molecule has 0 fully saturated rings. The van der Waals surface area contributed by atoms with Crippen molar-refractivity contribution in [1.29, 1.82) is 0 Å². The molecule has 0 spiro atoms. The number of benzene rings is 1. The van der Waals surface area contributed by atoms with E-state index in [4.69, 9.17) is 14.8 Å². The van der Waals surface area contributed by atoms with Crippen molar-refractivity contribution in [1.82, 2.24) is 14.8 Å². The molecule has 0 saturated carbocycles. The summed E-state index contributed by atoms with van der Waals surface area (Å²) < 4.78 is 7.19. The smallest absolute Gasteiger partial charge is 0.227 e. The van der Waals surface area contributed by atoms with Gasteiger partial charge in [-0.3, -0.25) is 4.79 Å². The van der Waals surface area contributed by atoms with Gasteiger partial charge in [0, 0.05) is 23.4 Å². The lowest BCUT2D eigenvalue weighted by atomic mass is 9.85. The fourth-order valence-electron chi connectivity index (χ4n) is 3.98. The first-order chi connectivity index (χ1) is 14.2. The molecule has 0 radical (unpaired) electrons. The van der Waals surface area contributed by atoms with Crippen LogP contribution in [0.1, 0.15) is 63.5 Å². The van der Waals surface area contributed by atoms with E-state index >= 15 is 0 Å². The van der Waals surface area contributed by atoms with Crippen LogP contribution in [0.5, 0.6) is 5.75 Å². The van der Waals surface area contributed by atoms with Crippen molar-refractivity contribution in [2.75, 3.05) is 18.2 Å². The molecule has 1 aliphatic carbocycles. The average molecular weight is 413 g/mol. The minimum atomic E-state index is -0.234. The number of ketones is 1. The van der Waals surface area contributed by atoms with Crippen molar-refractivity contribution in [3.05, 3.63) is 41.1 Å². The Morgan fingerprint density at radius 1 is 1.21 bits per heavy atom. The number of rotatable bonds is 8. The Kier molecular flexibility index (Phi) is 6.23. The van der Waals surface area contributed by atoms with Crippen LogP contribution in [0.25, 0.3) is 0 Å². The Balaban J connectivity index is 1.64. The molecule has 2 aliphatic rings. The van der Waals surface area contributed by atoms with Crippen molar-refractivity contribution in [2.45, 2.75) is 63.1 Å². The van der Waals surface area contributed by atoms with E-state index in [2.05, 4.69) is 12.2 Å². The Morgan fingerprint density at radius 3 is 2.79 bits per heavy atom. The number of carbonyl (C=O) groups excluding carboxylic acids is 1. The second-order valence-corrected chi connectivity index (χ2v) is 8.60. The summed E-state index contributed by atoms with van der Waals surface area (Å²) in [5, 5.41) is 8.95. The lowest BCUT2D eigenvalue weighted by molar-refractivity contribution is -0.116. The number of thioether (sulfide) groups is 1. The van der Waals surface area contributed by atoms with E-state index < -0.39 is 0 Å². The second kappa shape index (κ2) is 9.03. The molecular weight excluding hydrogens is 384 g/mol. The summed E-state index contributed by atoms with van der Waals surface area (Å²) in [6.45, 7) is 2.22. The van der Waals surface area contributed by atoms with Crippen LogP contribution < -0.4 is 10.1 Å². The van der Waals surface area contributed by atoms with Gasteiger partial charge in [-0.1, -0.05) is 50.1 Å². The molecule has 2 heterocycles. The minimum Gasteiger partial charge on any atom is -0.497 e. The zero-order valence-electron chi connectivity index (χ0n) is 17.1. The monoisotopic (exact) mass is 412 g/mol. The average Bonchev–Trinajstić information content (AvgIpc) is 3.15. The van der Waals surface area contributed by atoms with Gasteiger partial charge in [-0.25, -0.2) is 4.68 Å². The number of Topliss-reactive ketones (excluding diaryl/α,β-unsaturated/α-hetero) is 1. The molecule has 0 unspecified atom stereocenters. The number of ether oxygens (including phenoxy) is 1. The number of hydrogen-bond donors (Lipinski definition) is 1. The van der Waals surface area contributed by atoms with Gasteiger partial charge in [0.25, 0.3) is 0 Å². The van der Waals surface area contributed by atoms with Gasteiger partial charge in [-0.2, -0.15) is 4.98 Å². The Hall–Kier alpha value is -2.28. The number of nitrogens with zero attached hydrogens (tertiary/aromatic N) is 3. The Morgan fingerprint density at radius 2 is 2.03 bits per heavy atom. The van der Waals surface area contributed by atoms with E-state index in [-0.39, 0.29) is 11.8 Å². The summed E-state index contributed by atoms with van der Waals surface area (Å²) in [4.78, 5) is 17.6. The molecular formula is C22H28N4O2S. The van der Waals surface area contributed by atoms with Gasteiger partial charge < -0.3 is 10.1 Å². The predicted octanol–water partition coefficient (Wildman–Crippen LogP) is 4.98. The third-order valence-electron chi connectivity index (χ3n) is 5.51. The van der Waals surface area contributed by atoms with Crippen LogP contribution in [-0.2, 0) is 4.79 Å². The Labute approximate surface area is 176 Å². The molecule has 0 saturated heterocycles. The van der Waals surface area contributed by atoms with E-state index in [1.54, 1.807) is 18.9 Å². The van der Waals surface area contributed by atoms with Crippen LogP contribution in [0.15, 0.2) is 40.7 Å². The molecule has 7 heteroatoms. The number of fused-ring (bicyclic) bond motifs is 1. The van der Waals surface area contributed by atoms with Crippen LogP contribution in [0, 0.1) is 0 Å². The zero-order chi connectivity index (χ0) is 20.2. The minimum absolute atomic E-state index is 0.203. The molecule has 1 N–H and O–H groups in total. The van der Waals surface area contributed by atoms with E-state index in [0.717, 1.165) is 52.3 Å². The van der Waals surface area contributed by atoms with Crippen molar-refractivity contribution in [2.24, 2.45) is 0 Å². The van der Waals surface area contributed by atoms with Crippen LogP contribution in [-0.4, -0.2) is 33.4 Å². The van der Waals surface area contributed by atoms with Crippen molar-refractivity contribution >= 4 is 23.5 Å². The highest BCUT2D eigenvalue weighted by Gasteiger charge is 2.36. The fraction of sp³-hybridized carbons (Fsp3) is 0.500. The summed E-state index contributed by atoms with van der Waals surface area (Å²) >= 11 is 1.70. The molecule has 1 atom stereocenters. The van der Waals surface area contributed by atoms with E-state index in [0.29, 0.717) is 6.42 Å². The first kappa shape index (κ1) is 20.0. The van der Waals surface area contributed by atoms with Crippen LogP contribution >= 0.6 is 11.8 Å². The lowest BCUT2D eigenvalue weighted by Gasteiger charge is -2.32. The predicted molar refractivity (Wildman–Crippen MR) is 116 cm³/mol. The largest absolute Gasteiger partial charge is 0.497 e. The van der Waals surface area contributed by atoms with Gasteiger partial charge in [-0.05, 0) is 37.0 Å². The quantitative estimate of drug-likeness (QED) is 0.487. The summed E-state index contributed by atoms with van der Waals surface area (Å²) in [7, 11) is 1.66. The van der Waals surface area contributed by atoms with Crippen molar-refractivity contribution in [3.63, 3.8) is 0 Å². The molecule has 0 bridgehead atoms. The number of anilines is 1. The molecule has 0 amide bonds. The number of allylic oxidation sites excluding steroid dienone is 2. The highest BCUT2D eigenvalue weighted by molar-refractivity contribution is 7.99. The molecule has 6 nitrogen and oxygen atoms in total. The normalized spacial score (nSPS) is 18.3. The standard InChI is InChI=1S/C22H28N4O2S/c1-3-4-5-6-14-29-22-24-21-23-17-8-7-9-18(27)19(17)20(26(21)25-22)15-10-12-16(28-2)13-11-15/h10-13,20H,3-9,14H2,1-2H3,(H,23,24,25)/t20-/m1/s1. The number of carbonyl (C=O) groups is 1. The number of hydrogen-bond acceptors (Lipinski definition) is 6. The molecule has 1 aromatic carbocycles. The maximum atomic E-state index is 12.8. The molecule has 1 aromatic heterocycles. The lowest BCUT2D eigenvalue weighted by Crippen LogP contribution is -2.31. The first-order valence-corrected chi connectivity index (χ1v) is 11.5. The van der Waals surface area contributed by atoms with Crippen LogP contribution in [0.3, 0.4) is 0 Å².